The van der Waals surface area contributed by atoms with Gasteiger partial charge in [-0.15, -0.1) is 0 Å². The van der Waals surface area contributed by atoms with Gasteiger partial charge >= 0.3 is 6.03 Å². The van der Waals surface area contributed by atoms with Crippen molar-refractivity contribution in [3.05, 3.63) is 59.1 Å². The van der Waals surface area contributed by atoms with Crippen molar-refractivity contribution in [2.75, 3.05) is 31.1 Å². The number of amides is 2. The molecule has 0 spiro atoms. The minimum Gasteiger partial charge on any atom is -0.491 e. The van der Waals surface area contributed by atoms with E-state index in [-0.39, 0.29) is 19.2 Å². The Kier molecular flexibility index (Phi) is 5.46. The molecule has 25 heavy (non-hydrogen) atoms. The summed E-state index contributed by atoms with van der Waals surface area (Å²) in [5.41, 5.74) is 1.96. The molecule has 1 N–H and O–H groups in total. The van der Waals surface area contributed by atoms with Crippen LogP contribution in [0.15, 0.2) is 48.5 Å². The second-order valence-electron chi connectivity index (χ2n) is 6.13. The molecule has 0 unspecified atom stereocenters. The molecule has 2 amide bonds. The van der Waals surface area contributed by atoms with E-state index in [1.165, 1.54) is 0 Å². The quantitative estimate of drug-likeness (QED) is 0.859. The molecule has 1 fully saturated rings. The number of aryl methyl sites for hydroxylation is 1. The number of anilines is 1. The summed E-state index contributed by atoms with van der Waals surface area (Å²) in [5.74, 6) is 0.709. The average molecular weight is 361 g/mol. The molecule has 0 radical (unpaired) electrons. The first kappa shape index (κ1) is 17.6. The third-order valence-corrected chi connectivity index (χ3v) is 4.38. The van der Waals surface area contributed by atoms with Crippen LogP contribution >= 0.6 is 11.6 Å². The monoisotopic (exact) mass is 360 g/mol. The predicted molar refractivity (Wildman–Crippen MR) is 98.4 cm³/mol. The van der Waals surface area contributed by atoms with E-state index in [1.54, 1.807) is 21.9 Å². The van der Waals surface area contributed by atoms with E-state index in [4.69, 9.17) is 16.3 Å². The van der Waals surface area contributed by atoms with Gasteiger partial charge in [0, 0.05) is 23.8 Å². The number of halogens is 1. The molecule has 0 aliphatic carbocycles. The molecule has 2 aromatic carbocycles. The Morgan fingerprint density at radius 3 is 2.48 bits per heavy atom. The molecule has 1 aliphatic rings. The number of rotatable bonds is 6. The summed E-state index contributed by atoms with van der Waals surface area (Å²) >= 11 is 5.89. The van der Waals surface area contributed by atoms with Gasteiger partial charge < -0.3 is 14.7 Å². The first-order valence-corrected chi connectivity index (χ1v) is 8.60. The number of nitrogens with zero attached hydrogens (tertiary/aromatic N) is 2. The summed E-state index contributed by atoms with van der Waals surface area (Å²) in [6, 6.07) is 14.7. The van der Waals surface area contributed by atoms with Crippen LogP contribution in [0.4, 0.5) is 10.5 Å². The zero-order valence-electron chi connectivity index (χ0n) is 14.1. The van der Waals surface area contributed by atoms with Gasteiger partial charge in [0.05, 0.1) is 6.54 Å². The number of urea groups is 1. The number of hydrogen-bond acceptors (Lipinski definition) is 3. The van der Waals surface area contributed by atoms with Crippen LogP contribution in [0.2, 0.25) is 5.02 Å². The van der Waals surface area contributed by atoms with Crippen molar-refractivity contribution in [1.29, 1.82) is 0 Å². The Bertz CT molecular complexity index is 718. The van der Waals surface area contributed by atoms with Crippen LogP contribution in [0.3, 0.4) is 0 Å². The van der Waals surface area contributed by atoms with Crippen molar-refractivity contribution < 1.29 is 14.6 Å². The van der Waals surface area contributed by atoms with Crippen molar-refractivity contribution in [3.8, 4) is 5.75 Å². The van der Waals surface area contributed by atoms with Gasteiger partial charge in [0.2, 0.25) is 0 Å². The summed E-state index contributed by atoms with van der Waals surface area (Å²) in [5, 5.41) is 10.8. The fraction of sp³-hybridized carbons (Fsp3) is 0.316. The van der Waals surface area contributed by atoms with Gasteiger partial charge in [-0.3, -0.25) is 4.90 Å². The number of aliphatic hydroxyl groups excluding tert-OH is 1. The maximum Gasteiger partial charge on any atom is 0.324 e. The summed E-state index contributed by atoms with van der Waals surface area (Å²) in [4.78, 5) is 15.8. The number of benzene rings is 2. The van der Waals surface area contributed by atoms with E-state index in [1.807, 2.05) is 43.3 Å². The lowest BCUT2D eigenvalue weighted by Crippen LogP contribution is -2.39. The smallest absolute Gasteiger partial charge is 0.324 e. The van der Waals surface area contributed by atoms with E-state index in [2.05, 4.69) is 0 Å². The van der Waals surface area contributed by atoms with Gasteiger partial charge in [-0.05, 0) is 43.3 Å². The van der Waals surface area contributed by atoms with Crippen LogP contribution in [0, 0.1) is 6.92 Å². The molecule has 5 nitrogen and oxygen atoms in total. The highest BCUT2D eigenvalue weighted by atomic mass is 35.5. The van der Waals surface area contributed by atoms with Crippen molar-refractivity contribution in [3.63, 3.8) is 0 Å². The van der Waals surface area contributed by atoms with Gasteiger partial charge in [0.1, 0.15) is 18.5 Å². The normalized spacial score (nSPS) is 15.6. The second kappa shape index (κ2) is 7.76. The molecule has 1 heterocycles. The van der Waals surface area contributed by atoms with Gasteiger partial charge in [-0.25, -0.2) is 4.79 Å². The first-order chi connectivity index (χ1) is 12.0. The number of carbonyl (C=O) groups is 1. The SMILES string of the molecule is Cc1ccc(OC[C@@H](O)CN2CCN(c3ccc(Cl)cc3)C2=O)cc1. The van der Waals surface area contributed by atoms with Gasteiger partial charge in [-0.2, -0.15) is 0 Å². The average Bonchev–Trinajstić information content (AvgIpc) is 2.96. The molecule has 1 atom stereocenters. The largest absolute Gasteiger partial charge is 0.491 e. The molecule has 0 aromatic heterocycles. The zero-order chi connectivity index (χ0) is 17.8. The standard InChI is InChI=1S/C19H21ClN2O3/c1-14-2-8-18(9-3-14)25-13-17(23)12-21-10-11-22(19(21)24)16-6-4-15(20)5-7-16/h2-9,17,23H,10-13H2,1H3/t17-/m0/s1. The lowest BCUT2D eigenvalue weighted by Gasteiger charge is -2.21. The molecule has 0 saturated carbocycles. The van der Waals surface area contributed by atoms with Gasteiger partial charge in [0.15, 0.2) is 0 Å². The maximum absolute atomic E-state index is 12.5. The Labute approximate surface area is 152 Å². The van der Waals surface area contributed by atoms with Crippen LogP contribution in [-0.2, 0) is 0 Å². The molecule has 0 bridgehead atoms. The van der Waals surface area contributed by atoms with Gasteiger partial charge in [-0.1, -0.05) is 29.3 Å². The molecule has 1 saturated heterocycles. The first-order valence-electron chi connectivity index (χ1n) is 8.22. The van der Waals surface area contributed by atoms with Gasteiger partial charge in [0.25, 0.3) is 0 Å². The Hall–Kier alpha value is -2.24. The Morgan fingerprint density at radius 1 is 1.12 bits per heavy atom. The number of ether oxygens (including phenoxy) is 1. The number of carbonyl (C=O) groups excluding carboxylic acids is 1. The Morgan fingerprint density at radius 2 is 1.80 bits per heavy atom. The summed E-state index contributed by atoms with van der Waals surface area (Å²) < 4.78 is 5.58. The minimum atomic E-state index is -0.740. The summed E-state index contributed by atoms with van der Waals surface area (Å²) in [6.45, 7) is 3.56. The van der Waals surface area contributed by atoms with Crippen LogP contribution in [0.5, 0.6) is 5.75 Å². The third-order valence-electron chi connectivity index (χ3n) is 4.13. The van der Waals surface area contributed by atoms with Crippen LogP contribution in [0.25, 0.3) is 0 Å². The number of aliphatic hydroxyl groups is 1. The van der Waals surface area contributed by atoms with E-state index in [0.29, 0.717) is 23.9 Å². The Balaban J connectivity index is 1.51. The molecule has 2 aromatic rings. The summed E-state index contributed by atoms with van der Waals surface area (Å²) in [6.07, 6.45) is -0.740. The topological polar surface area (TPSA) is 53.0 Å². The van der Waals surface area contributed by atoms with Crippen LogP contribution in [-0.4, -0.2) is 48.4 Å². The zero-order valence-corrected chi connectivity index (χ0v) is 14.8. The van der Waals surface area contributed by atoms with Crippen molar-refractivity contribution in [2.24, 2.45) is 0 Å². The predicted octanol–water partition coefficient (Wildman–Crippen LogP) is 3.33. The highest BCUT2D eigenvalue weighted by Crippen LogP contribution is 2.22. The van der Waals surface area contributed by atoms with Crippen molar-refractivity contribution >= 4 is 23.3 Å². The van der Waals surface area contributed by atoms with E-state index in [0.717, 1.165) is 11.3 Å². The van der Waals surface area contributed by atoms with Crippen LogP contribution in [0.1, 0.15) is 5.56 Å². The fourth-order valence-electron chi connectivity index (χ4n) is 2.75. The molecular formula is C19H21ClN2O3. The highest BCUT2D eigenvalue weighted by molar-refractivity contribution is 6.30. The number of β-amino-alcohol motifs (C(OH)–C–C–N with tert-alkyl or cyclic N) is 1. The molecule has 6 heteroatoms. The lowest BCUT2D eigenvalue weighted by atomic mass is 10.2. The second-order valence-corrected chi connectivity index (χ2v) is 6.57. The lowest BCUT2D eigenvalue weighted by molar-refractivity contribution is 0.0828. The molecule has 3 rings (SSSR count). The molecular weight excluding hydrogens is 340 g/mol. The summed E-state index contributed by atoms with van der Waals surface area (Å²) in [7, 11) is 0. The van der Waals surface area contributed by atoms with Crippen molar-refractivity contribution in [1.82, 2.24) is 4.90 Å². The van der Waals surface area contributed by atoms with E-state index >= 15 is 0 Å². The highest BCUT2D eigenvalue weighted by Gasteiger charge is 2.30. The fourth-order valence-corrected chi connectivity index (χ4v) is 2.87. The van der Waals surface area contributed by atoms with E-state index in [9.17, 15) is 9.90 Å². The van der Waals surface area contributed by atoms with E-state index < -0.39 is 6.10 Å². The molecule has 1 aliphatic heterocycles. The molecule has 132 valence electrons. The minimum absolute atomic E-state index is 0.114. The third kappa shape index (κ3) is 4.44. The maximum atomic E-state index is 12.5. The number of hydrogen-bond donors (Lipinski definition) is 1. The van der Waals surface area contributed by atoms with Crippen LogP contribution < -0.4 is 9.64 Å². The van der Waals surface area contributed by atoms with Crippen molar-refractivity contribution in [2.45, 2.75) is 13.0 Å².